The summed E-state index contributed by atoms with van der Waals surface area (Å²) in [6, 6.07) is 10.5. The molecule has 0 saturated heterocycles. The van der Waals surface area contributed by atoms with Crippen molar-refractivity contribution >= 4 is 23.5 Å². The van der Waals surface area contributed by atoms with Crippen LogP contribution in [0.25, 0.3) is 0 Å². The number of carbonyl (C=O) groups is 2. The largest absolute Gasteiger partial charge is 0.550 e. The van der Waals surface area contributed by atoms with Gasteiger partial charge in [-0.1, -0.05) is 17.7 Å². The van der Waals surface area contributed by atoms with Crippen LogP contribution in [0.4, 0.5) is 0 Å². The van der Waals surface area contributed by atoms with Crippen LogP contribution in [-0.2, 0) is 4.79 Å². The van der Waals surface area contributed by atoms with Crippen molar-refractivity contribution in [1.82, 2.24) is 5.32 Å². The third-order valence-corrected chi connectivity index (χ3v) is 3.92. The van der Waals surface area contributed by atoms with Gasteiger partial charge in [0, 0.05) is 23.0 Å². The first-order valence-corrected chi connectivity index (χ1v) is 8.39. The minimum absolute atomic E-state index is 0.371. The van der Waals surface area contributed by atoms with Crippen molar-refractivity contribution in [3.05, 3.63) is 58.6 Å². The number of carboxylic acid groups (broad SMARTS) is 1. The molecule has 0 spiro atoms. The van der Waals surface area contributed by atoms with Gasteiger partial charge in [-0.2, -0.15) is 0 Å². The van der Waals surface area contributed by atoms with E-state index in [1.807, 2.05) is 6.92 Å². The van der Waals surface area contributed by atoms with Gasteiger partial charge < -0.3 is 24.7 Å². The van der Waals surface area contributed by atoms with E-state index in [1.165, 1.54) is 7.11 Å². The van der Waals surface area contributed by atoms with Gasteiger partial charge in [0.25, 0.3) is 5.91 Å². The number of amides is 1. The molecule has 0 unspecified atom stereocenters. The molecule has 138 valence electrons. The molecular formula is C19H19ClNO5-. The Kier molecular flexibility index (Phi) is 6.86. The van der Waals surface area contributed by atoms with Crippen molar-refractivity contribution in [1.29, 1.82) is 0 Å². The second-order valence-electron chi connectivity index (χ2n) is 5.45. The first-order chi connectivity index (χ1) is 12.4. The van der Waals surface area contributed by atoms with Crippen LogP contribution in [0.5, 0.6) is 11.5 Å². The molecule has 0 aromatic heterocycles. The van der Waals surface area contributed by atoms with Gasteiger partial charge in [-0.05, 0) is 48.9 Å². The van der Waals surface area contributed by atoms with Crippen LogP contribution in [0.3, 0.4) is 0 Å². The van der Waals surface area contributed by atoms with Crippen molar-refractivity contribution in [2.45, 2.75) is 19.4 Å². The molecule has 0 bridgehead atoms. The van der Waals surface area contributed by atoms with Gasteiger partial charge in [0.15, 0.2) is 11.5 Å². The maximum Gasteiger partial charge on any atom is 0.251 e. The van der Waals surface area contributed by atoms with E-state index in [2.05, 4.69) is 5.32 Å². The standard InChI is InChI=1S/C19H20ClNO5/c1-3-26-16-9-6-13(10-17(16)25-2)15(11-18(22)23)21-19(24)12-4-7-14(20)8-5-12/h4-10,15H,3,11H2,1-2H3,(H,21,24)(H,22,23)/p-1/t15-/m1/s1. The van der Waals surface area contributed by atoms with E-state index in [-0.39, 0.29) is 6.42 Å². The van der Waals surface area contributed by atoms with E-state index >= 15 is 0 Å². The number of benzene rings is 2. The topological polar surface area (TPSA) is 87.7 Å². The number of ether oxygens (including phenoxy) is 2. The number of carbonyl (C=O) groups excluding carboxylic acids is 2. The minimum Gasteiger partial charge on any atom is -0.550 e. The smallest absolute Gasteiger partial charge is 0.251 e. The zero-order valence-electron chi connectivity index (χ0n) is 14.5. The Morgan fingerprint density at radius 3 is 2.42 bits per heavy atom. The fraction of sp³-hybridized carbons (Fsp3) is 0.263. The monoisotopic (exact) mass is 376 g/mol. The highest BCUT2D eigenvalue weighted by Crippen LogP contribution is 2.31. The van der Waals surface area contributed by atoms with Gasteiger partial charge in [0.2, 0.25) is 0 Å². The molecule has 7 heteroatoms. The van der Waals surface area contributed by atoms with Crippen LogP contribution in [0.2, 0.25) is 5.02 Å². The summed E-state index contributed by atoms with van der Waals surface area (Å²) in [6.07, 6.45) is -0.379. The Bertz CT molecular complexity index is 776. The fourth-order valence-corrected chi connectivity index (χ4v) is 2.56. The predicted octanol–water partition coefficient (Wildman–Crippen LogP) is 2.36. The molecule has 0 saturated carbocycles. The highest BCUT2D eigenvalue weighted by atomic mass is 35.5. The third kappa shape index (κ3) is 5.13. The summed E-state index contributed by atoms with van der Waals surface area (Å²) in [6.45, 7) is 2.31. The molecule has 0 radical (unpaired) electrons. The molecule has 0 heterocycles. The molecule has 0 aliphatic carbocycles. The normalized spacial score (nSPS) is 11.5. The zero-order chi connectivity index (χ0) is 19.1. The van der Waals surface area contributed by atoms with Gasteiger partial charge in [-0.15, -0.1) is 0 Å². The molecule has 26 heavy (non-hydrogen) atoms. The zero-order valence-corrected chi connectivity index (χ0v) is 15.2. The fourth-order valence-electron chi connectivity index (χ4n) is 2.44. The van der Waals surface area contributed by atoms with E-state index in [0.717, 1.165) is 0 Å². The van der Waals surface area contributed by atoms with Crippen molar-refractivity contribution < 1.29 is 24.2 Å². The average Bonchev–Trinajstić information content (AvgIpc) is 2.62. The molecule has 0 fully saturated rings. The van der Waals surface area contributed by atoms with Gasteiger partial charge in [-0.3, -0.25) is 4.79 Å². The Balaban J connectivity index is 2.27. The number of methoxy groups -OCH3 is 1. The highest BCUT2D eigenvalue weighted by molar-refractivity contribution is 6.30. The summed E-state index contributed by atoms with van der Waals surface area (Å²) in [5, 5.41) is 14.3. The Morgan fingerprint density at radius 2 is 1.85 bits per heavy atom. The number of hydrogen-bond donors (Lipinski definition) is 1. The van der Waals surface area contributed by atoms with Crippen molar-refractivity contribution in [2.75, 3.05) is 13.7 Å². The lowest BCUT2D eigenvalue weighted by atomic mass is 10.0. The lowest BCUT2D eigenvalue weighted by Gasteiger charge is -2.21. The molecule has 1 amide bonds. The third-order valence-electron chi connectivity index (χ3n) is 3.67. The summed E-state index contributed by atoms with van der Waals surface area (Å²) in [7, 11) is 1.49. The van der Waals surface area contributed by atoms with Gasteiger partial charge >= 0.3 is 0 Å². The minimum atomic E-state index is -1.28. The Hall–Kier alpha value is -2.73. The van der Waals surface area contributed by atoms with Gasteiger partial charge in [0.05, 0.1) is 19.8 Å². The highest BCUT2D eigenvalue weighted by Gasteiger charge is 2.18. The van der Waals surface area contributed by atoms with Crippen LogP contribution in [0.15, 0.2) is 42.5 Å². The first-order valence-electron chi connectivity index (χ1n) is 8.01. The van der Waals surface area contributed by atoms with Crippen LogP contribution in [0, 0.1) is 0 Å². The summed E-state index contributed by atoms with van der Waals surface area (Å²) in [5.41, 5.74) is 0.937. The molecule has 2 aromatic rings. The van der Waals surface area contributed by atoms with Crippen LogP contribution in [0.1, 0.15) is 35.3 Å². The van der Waals surface area contributed by atoms with Crippen LogP contribution in [-0.4, -0.2) is 25.6 Å². The van der Waals surface area contributed by atoms with E-state index in [1.54, 1.807) is 42.5 Å². The second-order valence-corrected chi connectivity index (χ2v) is 5.89. The van der Waals surface area contributed by atoms with Crippen LogP contribution < -0.4 is 19.9 Å². The lowest BCUT2D eigenvalue weighted by molar-refractivity contribution is -0.306. The van der Waals surface area contributed by atoms with Crippen molar-refractivity contribution in [3.63, 3.8) is 0 Å². The van der Waals surface area contributed by atoms with Crippen molar-refractivity contribution in [2.24, 2.45) is 0 Å². The van der Waals surface area contributed by atoms with Crippen molar-refractivity contribution in [3.8, 4) is 11.5 Å². The predicted molar refractivity (Wildman–Crippen MR) is 95.4 cm³/mol. The van der Waals surface area contributed by atoms with E-state index in [0.29, 0.717) is 34.3 Å². The van der Waals surface area contributed by atoms with Gasteiger partial charge in [0.1, 0.15) is 0 Å². The molecule has 0 aliphatic heterocycles. The number of aliphatic carboxylic acids is 1. The summed E-state index contributed by atoms with van der Waals surface area (Å²) < 4.78 is 10.7. The van der Waals surface area contributed by atoms with Crippen LogP contribution >= 0.6 is 11.6 Å². The van der Waals surface area contributed by atoms with Gasteiger partial charge in [-0.25, -0.2) is 0 Å². The SMILES string of the molecule is CCOc1ccc([C@@H](CC(=O)[O-])NC(=O)c2ccc(Cl)cc2)cc1OC. The molecule has 1 N–H and O–H groups in total. The average molecular weight is 377 g/mol. The first kappa shape index (κ1) is 19.6. The Morgan fingerprint density at radius 1 is 1.15 bits per heavy atom. The number of carboxylic acids is 1. The van der Waals surface area contributed by atoms with E-state index < -0.39 is 17.9 Å². The number of rotatable bonds is 8. The Labute approximate surface area is 156 Å². The lowest BCUT2D eigenvalue weighted by Crippen LogP contribution is -2.34. The number of nitrogens with one attached hydrogen (secondary N) is 1. The van der Waals surface area contributed by atoms with E-state index in [4.69, 9.17) is 21.1 Å². The molecule has 1 atom stereocenters. The quantitative estimate of drug-likeness (QED) is 0.764. The second kappa shape index (κ2) is 9.10. The summed E-state index contributed by atoms with van der Waals surface area (Å²) in [5.74, 6) is -0.705. The van der Waals surface area contributed by atoms with E-state index in [9.17, 15) is 14.7 Å². The number of halogens is 1. The maximum absolute atomic E-state index is 12.4. The summed E-state index contributed by atoms with van der Waals surface area (Å²) in [4.78, 5) is 23.6. The molecule has 0 aliphatic rings. The number of hydrogen-bond acceptors (Lipinski definition) is 5. The molecule has 2 aromatic carbocycles. The molecule has 6 nitrogen and oxygen atoms in total. The maximum atomic E-state index is 12.4. The summed E-state index contributed by atoms with van der Waals surface area (Å²) >= 11 is 5.82. The molecular weight excluding hydrogens is 358 g/mol. The molecule has 2 rings (SSSR count).